The first kappa shape index (κ1) is 23.1. The molecule has 0 bridgehead atoms. The van der Waals surface area contributed by atoms with Crippen LogP contribution < -0.4 is 0 Å². The Morgan fingerprint density at radius 3 is 2.67 bits per heavy atom. The fourth-order valence-corrected chi connectivity index (χ4v) is 2.96. The molecule has 0 spiro atoms. The maximum atomic E-state index is 11.5. The van der Waals surface area contributed by atoms with Gasteiger partial charge in [-0.15, -0.1) is 0 Å². The SMILES string of the molecule is CC.Cc1cccc(COC2=CC(COCc3ccccn3)=CCC=C2)c1C(=O)O. The van der Waals surface area contributed by atoms with Gasteiger partial charge >= 0.3 is 5.97 Å². The van der Waals surface area contributed by atoms with Crippen molar-refractivity contribution in [3.63, 3.8) is 0 Å². The number of aromatic nitrogens is 1. The summed E-state index contributed by atoms with van der Waals surface area (Å²) in [5, 5.41) is 9.45. The highest BCUT2D eigenvalue weighted by Crippen LogP contribution is 2.19. The Balaban J connectivity index is 0.00000155. The van der Waals surface area contributed by atoms with Gasteiger partial charge in [0.05, 0.1) is 24.5 Å². The zero-order chi connectivity index (χ0) is 21.8. The summed E-state index contributed by atoms with van der Waals surface area (Å²) < 4.78 is 11.6. The number of carboxylic acids is 1. The predicted octanol–water partition coefficient (Wildman–Crippen LogP) is 5.62. The van der Waals surface area contributed by atoms with Gasteiger partial charge in [0, 0.05) is 11.8 Å². The first-order valence-electron chi connectivity index (χ1n) is 10.1. The van der Waals surface area contributed by atoms with Crippen LogP contribution in [0.5, 0.6) is 0 Å². The molecule has 5 nitrogen and oxygen atoms in total. The Hall–Kier alpha value is -3.18. The van der Waals surface area contributed by atoms with Crippen LogP contribution in [0.4, 0.5) is 0 Å². The second-order valence-electron chi connectivity index (χ2n) is 6.48. The van der Waals surface area contributed by atoms with E-state index in [9.17, 15) is 9.90 Å². The van der Waals surface area contributed by atoms with Crippen molar-refractivity contribution in [2.24, 2.45) is 0 Å². The molecule has 0 unspecified atom stereocenters. The Morgan fingerprint density at radius 1 is 1.10 bits per heavy atom. The van der Waals surface area contributed by atoms with Gasteiger partial charge in [-0.3, -0.25) is 4.98 Å². The molecule has 158 valence electrons. The molecular formula is C25H29NO4. The maximum Gasteiger partial charge on any atom is 0.336 e. The molecule has 2 aromatic rings. The van der Waals surface area contributed by atoms with Crippen LogP contribution in [0.25, 0.3) is 0 Å². The van der Waals surface area contributed by atoms with Crippen molar-refractivity contribution >= 4 is 5.97 Å². The third-order valence-electron chi connectivity index (χ3n) is 4.34. The Labute approximate surface area is 178 Å². The molecule has 0 saturated heterocycles. The van der Waals surface area contributed by atoms with E-state index >= 15 is 0 Å². The standard InChI is InChI=1S/C23H23NO4.C2H6/c1-17-7-6-9-19(22(17)23(25)26)15-28-21-11-3-2-8-18(13-21)14-27-16-20-10-4-5-12-24-20;1-2/h3-13H,2,14-16H2,1H3,(H,25,26);1-2H3. The minimum absolute atomic E-state index is 0.196. The topological polar surface area (TPSA) is 68.7 Å². The molecular weight excluding hydrogens is 378 g/mol. The number of ether oxygens (including phenoxy) is 2. The highest BCUT2D eigenvalue weighted by molar-refractivity contribution is 5.91. The van der Waals surface area contributed by atoms with Crippen LogP contribution in [-0.2, 0) is 22.7 Å². The number of nitrogens with zero attached hydrogens (tertiary/aromatic N) is 1. The number of hydrogen-bond donors (Lipinski definition) is 1. The van der Waals surface area contributed by atoms with Crippen LogP contribution in [0.3, 0.4) is 0 Å². The predicted molar refractivity (Wildman–Crippen MR) is 118 cm³/mol. The normalized spacial score (nSPS) is 12.8. The molecule has 1 heterocycles. The lowest BCUT2D eigenvalue weighted by Crippen LogP contribution is -2.06. The zero-order valence-electron chi connectivity index (χ0n) is 17.8. The molecule has 0 radical (unpaired) electrons. The molecule has 3 rings (SSSR count). The minimum atomic E-state index is -0.939. The number of hydrogen-bond acceptors (Lipinski definition) is 4. The molecule has 1 N–H and O–H groups in total. The van der Waals surface area contributed by atoms with Gasteiger partial charge in [-0.05, 0) is 48.8 Å². The average Bonchev–Trinajstić information content (AvgIpc) is 2.99. The molecule has 0 atom stereocenters. The lowest BCUT2D eigenvalue weighted by Gasteiger charge is -2.12. The summed E-state index contributed by atoms with van der Waals surface area (Å²) in [6, 6.07) is 11.1. The van der Waals surface area contributed by atoms with Crippen LogP contribution >= 0.6 is 0 Å². The first-order valence-corrected chi connectivity index (χ1v) is 10.1. The quantitative estimate of drug-likeness (QED) is 0.615. The average molecular weight is 408 g/mol. The van der Waals surface area contributed by atoms with Crippen LogP contribution in [0.15, 0.2) is 78.2 Å². The summed E-state index contributed by atoms with van der Waals surface area (Å²) in [5.74, 6) is -0.256. The van der Waals surface area contributed by atoms with Crippen molar-refractivity contribution in [1.82, 2.24) is 4.98 Å². The number of carbonyl (C=O) groups is 1. The summed E-state index contributed by atoms with van der Waals surface area (Å²) in [5.41, 5.74) is 3.58. The zero-order valence-corrected chi connectivity index (χ0v) is 17.8. The number of benzene rings is 1. The Bertz CT molecular complexity index is 914. The van der Waals surface area contributed by atoms with E-state index < -0.39 is 5.97 Å². The number of aromatic carboxylic acids is 1. The molecule has 1 aliphatic carbocycles. The smallest absolute Gasteiger partial charge is 0.336 e. The van der Waals surface area contributed by atoms with E-state index in [1.54, 1.807) is 25.3 Å². The van der Waals surface area contributed by atoms with Gasteiger partial charge in [-0.25, -0.2) is 4.79 Å². The first-order chi connectivity index (χ1) is 14.6. The fourth-order valence-electron chi connectivity index (χ4n) is 2.96. The van der Waals surface area contributed by atoms with Crippen LogP contribution in [0, 0.1) is 6.92 Å². The van der Waals surface area contributed by atoms with Crippen molar-refractivity contribution in [1.29, 1.82) is 0 Å². The summed E-state index contributed by atoms with van der Waals surface area (Å²) >= 11 is 0. The fraction of sp³-hybridized carbons (Fsp3) is 0.280. The van der Waals surface area contributed by atoms with Crippen LogP contribution in [0.1, 0.15) is 47.4 Å². The second kappa shape index (κ2) is 12.4. The van der Waals surface area contributed by atoms with Gasteiger partial charge in [-0.2, -0.15) is 0 Å². The second-order valence-corrected chi connectivity index (χ2v) is 6.48. The van der Waals surface area contributed by atoms with Gasteiger partial charge in [0.2, 0.25) is 0 Å². The Morgan fingerprint density at radius 2 is 1.93 bits per heavy atom. The van der Waals surface area contributed by atoms with Crippen molar-refractivity contribution < 1.29 is 19.4 Å². The largest absolute Gasteiger partial charge is 0.489 e. The summed E-state index contributed by atoms with van der Waals surface area (Å²) in [6.45, 7) is 6.88. The number of aryl methyl sites for hydroxylation is 1. The van der Waals surface area contributed by atoms with E-state index in [1.807, 2.05) is 56.3 Å². The number of pyridine rings is 1. The minimum Gasteiger partial charge on any atom is -0.489 e. The number of rotatable bonds is 8. The molecule has 5 heteroatoms. The van der Waals surface area contributed by atoms with E-state index in [4.69, 9.17) is 9.47 Å². The molecule has 1 aromatic carbocycles. The van der Waals surface area contributed by atoms with E-state index in [2.05, 4.69) is 11.1 Å². The van der Waals surface area contributed by atoms with Gasteiger partial charge in [0.25, 0.3) is 0 Å². The Kier molecular flexibility index (Phi) is 9.55. The van der Waals surface area contributed by atoms with Crippen molar-refractivity contribution in [2.75, 3.05) is 6.61 Å². The highest BCUT2D eigenvalue weighted by Gasteiger charge is 2.13. The molecule has 1 aromatic heterocycles. The number of allylic oxidation sites excluding steroid dienone is 3. The molecule has 0 aliphatic heterocycles. The summed E-state index contributed by atoms with van der Waals surface area (Å²) in [6.07, 6.45) is 10.5. The molecule has 0 saturated carbocycles. The third kappa shape index (κ3) is 7.01. The molecule has 0 amide bonds. The van der Waals surface area contributed by atoms with Gasteiger partial charge in [0.1, 0.15) is 12.4 Å². The van der Waals surface area contributed by atoms with E-state index in [0.717, 1.165) is 23.3 Å². The van der Waals surface area contributed by atoms with Gasteiger partial charge in [0.15, 0.2) is 0 Å². The van der Waals surface area contributed by atoms with Crippen LogP contribution in [-0.4, -0.2) is 22.7 Å². The van der Waals surface area contributed by atoms with Crippen molar-refractivity contribution in [3.8, 4) is 0 Å². The lowest BCUT2D eigenvalue weighted by atomic mass is 10.0. The van der Waals surface area contributed by atoms with E-state index in [1.165, 1.54) is 0 Å². The maximum absolute atomic E-state index is 11.5. The van der Waals surface area contributed by atoms with Gasteiger partial charge < -0.3 is 14.6 Å². The third-order valence-corrected chi connectivity index (χ3v) is 4.34. The molecule has 1 aliphatic rings. The van der Waals surface area contributed by atoms with E-state index in [-0.39, 0.29) is 6.61 Å². The monoisotopic (exact) mass is 407 g/mol. The van der Waals surface area contributed by atoms with Crippen molar-refractivity contribution in [3.05, 3.63) is 101 Å². The highest BCUT2D eigenvalue weighted by atomic mass is 16.5. The summed E-state index contributed by atoms with van der Waals surface area (Å²) in [4.78, 5) is 15.8. The van der Waals surface area contributed by atoms with Crippen molar-refractivity contribution in [2.45, 2.75) is 40.4 Å². The van der Waals surface area contributed by atoms with Crippen LogP contribution in [0.2, 0.25) is 0 Å². The molecule has 0 fully saturated rings. The van der Waals surface area contributed by atoms with E-state index in [0.29, 0.717) is 30.1 Å². The lowest BCUT2D eigenvalue weighted by molar-refractivity contribution is 0.0691. The molecule has 30 heavy (non-hydrogen) atoms. The number of carboxylic acid groups (broad SMARTS) is 1. The summed E-state index contributed by atoms with van der Waals surface area (Å²) in [7, 11) is 0. The van der Waals surface area contributed by atoms with Gasteiger partial charge in [-0.1, -0.05) is 50.3 Å².